The molecule has 0 aromatic heterocycles. The standard InChI is InChI=1S/C17H20O4/c1-13-7-4-5-8-14(13)20-11-12-21-17-15(18-2)9-6-10-16(17)19-3/h4-10H,11-12H2,1-3H3. The van der Waals surface area contributed by atoms with Crippen LogP contribution in [-0.2, 0) is 0 Å². The molecule has 2 aromatic carbocycles. The Morgan fingerprint density at radius 2 is 1.29 bits per heavy atom. The summed E-state index contributed by atoms with van der Waals surface area (Å²) in [5.74, 6) is 2.75. The first-order valence-electron chi connectivity index (χ1n) is 6.78. The summed E-state index contributed by atoms with van der Waals surface area (Å²) in [4.78, 5) is 0. The lowest BCUT2D eigenvalue weighted by Crippen LogP contribution is -2.10. The van der Waals surface area contributed by atoms with E-state index in [0.717, 1.165) is 11.3 Å². The molecule has 0 N–H and O–H groups in total. The molecule has 0 atom stereocenters. The van der Waals surface area contributed by atoms with Gasteiger partial charge in [-0.2, -0.15) is 0 Å². The summed E-state index contributed by atoms with van der Waals surface area (Å²) in [6.07, 6.45) is 0. The van der Waals surface area contributed by atoms with Crippen LogP contribution in [0.1, 0.15) is 5.56 Å². The minimum Gasteiger partial charge on any atom is -0.493 e. The molecule has 0 aliphatic heterocycles. The Labute approximate surface area is 125 Å². The van der Waals surface area contributed by atoms with E-state index in [2.05, 4.69) is 0 Å². The molecule has 0 spiro atoms. The van der Waals surface area contributed by atoms with Crippen LogP contribution in [0.3, 0.4) is 0 Å². The maximum Gasteiger partial charge on any atom is 0.203 e. The van der Waals surface area contributed by atoms with E-state index in [0.29, 0.717) is 30.5 Å². The quantitative estimate of drug-likeness (QED) is 0.731. The van der Waals surface area contributed by atoms with Crippen LogP contribution in [0.15, 0.2) is 42.5 Å². The van der Waals surface area contributed by atoms with Gasteiger partial charge < -0.3 is 18.9 Å². The minimum absolute atomic E-state index is 0.408. The van der Waals surface area contributed by atoms with Crippen LogP contribution in [0.2, 0.25) is 0 Å². The molecular formula is C17H20O4. The largest absolute Gasteiger partial charge is 0.493 e. The number of hydrogen-bond donors (Lipinski definition) is 0. The zero-order valence-corrected chi connectivity index (χ0v) is 12.6. The fourth-order valence-electron chi connectivity index (χ4n) is 1.97. The summed E-state index contributed by atoms with van der Waals surface area (Å²) in [5, 5.41) is 0. The van der Waals surface area contributed by atoms with Gasteiger partial charge >= 0.3 is 0 Å². The Bertz CT molecular complexity index is 559. The Morgan fingerprint density at radius 3 is 1.90 bits per heavy atom. The van der Waals surface area contributed by atoms with Crippen molar-refractivity contribution in [2.24, 2.45) is 0 Å². The Hall–Kier alpha value is -2.36. The van der Waals surface area contributed by atoms with Crippen molar-refractivity contribution < 1.29 is 18.9 Å². The average molecular weight is 288 g/mol. The molecule has 21 heavy (non-hydrogen) atoms. The van der Waals surface area contributed by atoms with Crippen LogP contribution in [0, 0.1) is 6.92 Å². The molecule has 0 fully saturated rings. The summed E-state index contributed by atoms with van der Waals surface area (Å²) in [5.41, 5.74) is 1.10. The molecule has 0 bridgehead atoms. The van der Waals surface area contributed by atoms with Crippen molar-refractivity contribution in [1.29, 1.82) is 0 Å². The second-order valence-corrected chi connectivity index (χ2v) is 4.45. The highest BCUT2D eigenvalue weighted by molar-refractivity contribution is 5.51. The van der Waals surface area contributed by atoms with Crippen LogP contribution in [0.5, 0.6) is 23.0 Å². The predicted molar refractivity (Wildman–Crippen MR) is 81.7 cm³/mol. The zero-order chi connectivity index (χ0) is 15.1. The van der Waals surface area contributed by atoms with Crippen molar-refractivity contribution >= 4 is 0 Å². The molecule has 0 unspecified atom stereocenters. The zero-order valence-electron chi connectivity index (χ0n) is 12.6. The first kappa shape index (κ1) is 15.0. The van der Waals surface area contributed by atoms with Gasteiger partial charge in [0, 0.05) is 0 Å². The third-order valence-electron chi connectivity index (χ3n) is 3.06. The number of aryl methyl sites for hydroxylation is 1. The molecule has 0 amide bonds. The van der Waals surface area contributed by atoms with Crippen molar-refractivity contribution in [3.05, 3.63) is 48.0 Å². The van der Waals surface area contributed by atoms with Gasteiger partial charge in [0.25, 0.3) is 0 Å². The normalized spacial score (nSPS) is 10.0. The third kappa shape index (κ3) is 3.81. The number of rotatable bonds is 7. The smallest absolute Gasteiger partial charge is 0.203 e. The summed E-state index contributed by atoms with van der Waals surface area (Å²) in [6.45, 7) is 2.87. The van der Waals surface area contributed by atoms with Crippen LogP contribution >= 0.6 is 0 Å². The number of hydrogen-bond acceptors (Lipinski definition) is 4. The second-order valence-electron chi connectivity index (χ2n) is 4.45. The van der Waals surface area contributed by atoms with E-state index >= 15 is 0 Å². The van der Waals surface area contributed by atoms with Gasteiger partial charge in [0.1, 0.15) is 19.0 Å². The minimum atomic E-state index is 0.408. The average Bonchev–Trinajstić information content (AvgIpc) is 2.52. The Kier molecular flexibility index (Phi) is 5.32. The molecule has 4 nitrogen and oxygen atoms in total. The fraction of sp³-hybridized carbons (Fsp3) is 0.294. The van der Waals surface area contributed by atoms with E-state index in [9.17, 15) is 0 Å². The molecule has 0 aliphatic carbocycles. The topological polar surface area (TPSA) is 36.9 Å². The van der Waals surface area contributed by atoms with E-state index in [1.54, 1.807) is 14.2 Å². The van der Waals surface area contributed by atoms with Crippen molar-refractivity contribution in [3.8, 4) is 23.0 Å². The Balaban J connectivity index is 1.93. The van der Waals surface area contributed by atoms with Crippen molar-refractivity contribution in [2.45, 2.75) is 6.92 Å². The third-order valence-corrected chi connectivity index (χ3v) is 3.06. The van der Waals surface area contributed by atoms with Gasteiger partial charge in [-0.3, -0.25) is 0 Å². The van der Waals surface area contributed by atoms with E-state index in [4.69, 9.17) is 18.9 Å². The van der Waals surface area contributed by atoms with Crippen LogP contribution in [0.25, 0.3) is 0 Å². The van der Waals surface area contributed by atoms with Gasteiger partial charge in [-0.15, -0.1) is 0 Å². The lowest BCUT2D eigenvalue weighted by atomic mass is 10.2. The summed E-state index contributed by atoms with van der Waals surface area (Å²) < 4.78 is 22.0. The highest BCUT2D eigenvalue weighted by Crippen LogP contribution is 2.36. The first-order valence-corrected chi connectivity index (χ1v) is 6.78. The Morgan fingerprint density at radius 1 is 0.714 bits per heavy atom. The van der Waals surface area contributed by atoms with Gasteiger partial charge in [0.05, 0.1) is 14.2 Å². The highest BCUT2D eigenvalue weighted by Gasteiger charge is 2.11. The van der Waals surface area contributed by atoms with E-state index in [-0.39, 0.29) is 0 Å². The molecule has 0 saturated heterocycles. The summed E-state index contributed by atoms with van der Waals surface area (Å²) >= 11 is 0. The van der Waals surface area contributed by atoms with E-state index in [1.165, 1.54) is 0 Å². The van der Waals surface area contributed by atoms with Crippen LogP contribution in [0.4, 0.5) is 0 Å². The summed E-state index contributed by atoms with van der Waals surface area (Å²) in [7, 11) is 3.21. The maximum absolute atomic E-state index is 5.74. The second kappa shape index (κ2) is 7.43. The molecule has 4 heteroatoms. The number of para-hydroxylation sites is 2. The van der Waals surface area contributed by atoms with E-state index in [1.807, 2.05) is 49.4 Å². The first-order chi connectivity index (χ1) is 10.3. The van der Waals surface area contributed by atoms with Crippen molar-refractivity contribution in [1.82, 2.24) is 0 Å². The van der Waals surface area contributed by atoms with Gasteiger partial charge in [-0.25, -0.2) is 0 Å². The van der Waals surface area contributed by atoms with Crippen LogP contribution < -0.4 is 18.9 Å². The van der Waals surface area contributed by atoms with Gasteiger partial charge in [-0.1, -0.05) is 24.3 Å². The molecule has 0 saturated carbocycles. The van der Waals surface area contributed by atoms with Crippen molar-refractivity contribution in [2.75, 3.05) is 27.4 Å². The molecule has 0 radical (unpaired) electrons. The number of ether oxygens (including phenoxy) is 4. The van der Waals surface area contributed by atoms with Gasteiger partial charge in [0.2, 0.25) is 5.75 Å². The van der Waals surface area contributed by atoms with Crippen molar-refractivity contribution in [3.63, 3.8) is 0 Å². The van der Waals surface area contributed by atoms with Gasteiger partial charge in [-0.05, 0) is 30.7 Å². The lowest BCUT2D eigenvalue weighted by molar-refractivity contribution is 0.204. The monoisotopic (exact) mass is 288 g/mol. The number of methoxy groups -OCH3 is 2. The maximum atomic E-state index is 5.74. The molecular weight excluding hydrogens is 268 g/mol. The molecule has 2 aromatic rings. The molecule has 2 rings (SSSR count). The predicted octanol–water partition coefficient (Wildman–Crippen LogP) is 3.47. The lowest BCUT2D eigenvalue weighted by Gasteiger charge is -2.14. The number of benzene rings is 2. The molecule has 0 aliphatic rings. The summed E-state index contributed by atoms with van der Waals surface area (Å²) in [6, 6.07) is 13.4. The van der Waals surface area contributed by atoms with Crippen LogP contribution in [-0.4, -0.2) is 27.4 Å². The highest BCUT2D eigenvalue weighted by atomic mass is 16.6. The van der Waals surface area contributed by atoms with Gasteiger partial charge in [0.15, 0.2) is 11.5 Å². The molecule has 0 heterocycles. The fourth-order valence-corrected chi connectivity index (χ4v) is 1.97. The van der Waals surface area contributed by atoms with E-state index < -0.39 is 0 Å². The molecule has 112 valence electrons. The SMILES string of the molecule is COc1cccc(OC)c1OCCOc1ccccc1C.